The van der Waals surface area contributed by atoms with E-state index in [-0.39, 0.29) is 24.2 Å². The first-order chi connectivity index (χ1) is 12.2. The minimum atomic E-state index is -0.0989. The third-order valence-electron chi connectivity index (χ3n) is 4.65. The van der Waals surface area contributed by atoms with Gasteiger partial charge in [0.25, 0.3) is 11.8 Å². The van der Waals surface area contributed by atoms with Crippen LogP contribution in [0.25, 0.3) is 0 Å². The second-order valence-corrected chi connectivity index (χ2v) is 6.78. The quantitative estimate of drug-likeness (QED) is 0.690. The van der Waals surface area contributed by atoms with Gasteiger partial charge in [-0.3, -0.25) is 9.59 Å². The third kappa shape index (κ3) is 6.61. The largest absolute Gasteiger partial charge is 0.352 e. The number of amides is 2. The van der Waals surface area contributed by atoms with E-state index in [2.05, 4.69) is 24.5 Å². The van der Waals surface area contributed by atoms with Gasteiger partial charge in [-0.25, -0.2) is 0 Å². The standard InChI is InChI=1S/C20H31N3O2.ClH/c1-3-12-23(13-4-2)20(25)18-7-5-6-17(14-18)19(24)22-11-9-16-8-10-21-15-16;/h5-7,14,16,21H,3-4,8-13,15H2,1-2H3,(H,22,24);1H. The van der Waals surface area contributed by atoms with Crippen molar-refractivity contribution in [1.82, 2.24) is 15.5 Å². The van der Waals surface area contributed by atoms with Crippen LogP contribution in [0, 0.1) is 5.92 Å². The van der Waals surface area contributed by atoms with Gasteiger partial charge >= 0.3 is 0 Å². The Kier molecular flexibility index (Phi) is 10.3. The van der Waals surface area contributed by atoms with Crippen LogP contribution in [-0.4, -0.2) is 49.4 Å². The molecule has 26 heavy (non-hydrogen) atoms. The van der Waals surface area contributed by atoms with Crippen molar-refractivity contribution in [2.24, 2.45) is 5.92 Å². The molecule has 0 aliphatic carbocycles. The SMILES string of the molecule is CCCN(CCC)C(=O)c1cccc(C(=O)NCCC2CCNC2)c1.Cl. The summed E-state index contributed by atoms with van der Waals surface area (Å²) in [5.74, 6) is 0.568. The molecule has 1 aliphatic heterocycles. The monoisotopic (exact) mass is 381 g/mol. The van der Waals surface area contributed by atoms with Gasteiger partial charge in [0.1, 0.15) is 0 Å². The summed E-state index contributed by atoms with van der Waals surface area (Å²) >= 11 is 0. The van der Waals surface area contributed by atoms with Crippen LogP contribution in [0.1, 0.15) is 60.2 Å². The Morgan fingerprint density at radius 2 is 1.88 bits per heavy atom. The lowest BCUT2D eigenvalue weighted by atomic mass is 10.0. The Labute approximate surface area is 163 Å². The highest BCUT2D eigenvalue weighted by Crippen LogP contribution is 2.12. The van der Waals surface area contributed by atoms with Gasteiger partial charge in [-0.1, -0.05) is 19.9 Å². The molecule has 5 nitrogen and oxygen atoms in total. The van der Waals surface area contributed by atoms with E-state index >= 15 is 0 Å². The molecular weight excluding hydrogens is 350 g/mol. The molecule has 0 bridgehead atoms. The molecule has 1 atom stereocenters. The molecular formula is C20H32ClN3O2. The van der Waals surface area contributed by atoms with Crippen LogP contribution in [-0.2, 0) is 0 Å². The smallest absolute Gasteiger partial charge is 0.253 e. The van der Waals surface area contributed by atoms with Gasteiger partial charge in [-0.05, 0) is 62.9 Å². The Hall–Kier alpha value is -1.59. The van der Waals surface area contributed by atoms with E-state index in [1.807, 2.05) is 4.90 Å². The summed E-state index contributed by atoms with van der Waals surface area (Å²) in [6.45, 7) is 8.44. The number of rotatable bonds is 9. The maximum atomic E-state index is 12.7. The Balaban J connectivity index is 0.00000338. The number of carbonyl (C=O) groups excluding carboxylic acids is 2. The van der Waals surface area contributed by atoms with Crippen LogP contribution in [0.4, 0.5) is 0 Å². The van der Waals surface area contributed by atoms with Crippen molar-refractivity contribution < 1.29 is 9.59 Å². The average molecular weight is 382 g/mol. The van der Waals surface area contributed by atoms with E-state index in [9.17, 15) is 9.59 Å². The van der Waals surface area contributed by atoms with Crippen molar-refractivity contribution in [2.45, 2.75) is 39.5 Å². The summed E-state index contributed by atoms with van der Waals surface area (Å²) in [4.78, 5) is 26.9. The fourth-order valence-electron chi connectivity index (χ4n) is 3.28. The van der Waals surface area contributed by atoms with Crippen molar-refractivity contribution in [3.8, 4) is 0 Å². The molecule has 0 saturated carbocycles. The minimum absolute atomic E-state index is 0. The lowest BCUT2D eigenvalue weighted by Gasteiger charge is -2.21. The van der Waals surface area contributed by atoms with Crippen LogP contribution in [0.5, 0.6) is 0 Å². The first kappa shape index (κ1) is 22.5. The highest BCUT2D eigenvalue weighted by atomic mass is 35.5. The van der Waals surface area contributed by atoms with E-state index < -0.39 is 0 Å². The van der Waals surface area contributed by atoms with Crippen molar-refractivity contribution in [2.75, 3.05) is 32.7 Å². The van der Waals surface area contributed by atoms with Crippen LogP contribution < -0.4 is 10.6 Å². The molecule has 2 N–H and O–H groups in total. The number of nitrogens with one attached hydrogen (secondary N) is 2. The van der Waals surface area contributed by atoms with Crippen LogP contribution in [0.3, 0.4) is 0 Å². The highest BCUT2D eigenvalue weighted by Gasteiger charge is 2.17. The third-order valence-corrected chi connectivity index (χ3v) is 4.65. The summed E-state index contributed by atoms with van der Waals surface area (Å²) in [6.07, 6.45) is 4.05. The molecule has 1 saturated heterocycles. The maximum absolute atomic E-state index is 12.7. The van der Waals surface area contributed by atoms with Crippen LogP contribution in [0.2, 0.25) is 0 Å². The summed E-state index contributed by atoms with van der Waals surface area (Å²) in [7, 11) is 0. The molecule has 6 heteroatoms. The number of nitrogens with zero attached hydrogens (tertiary/aromatic N) is 1. The first-order valence-electron chi connectivity index (χ1n) is 9.54. The van der Waals surface area contributed by atoms with Gasteiger partial charge in [0.15, 0.2) is 0 Å². The lowest BCUT2D eigenvalue weighted by Crippen LogP contribution is -2.33. The van der Waals surface area contributed by atoms with E-state index in [1.165, 1.54) is 6.42 Å². The van der Waals surface area contributed by atoms with Gasteiger partial charge in [-0.2, -0.15) is 0 Å². The average Bonchev–Trinajstić information content (AvgIpc) is 3.14. The maximum Gasteiger partial charge on any atom is 0.253 e. The van der Waals surface area contributed by atoms with Gasteiger partial charge in [0.2, 0.25) is 0 Å². The molecule has 1 aliphatic rings. The second kappa shape index (κ2) is 11.9. The molecule has 146 valence electrons. The summed E-state index contributed by atoms with van der Waals surface area (Å²) in [5, 5.41) is 6.32. The number of benzene rings is 1. The Morgan fingerprint density at radius 3 is 2.50 bits per heavy atom. The van der Waals surface area contributed by atoms with Crippen molar-refractivity contribution in [3.63, 3.8) is 0 Å². The molecule has 1 aromatic rings. The Bertz CT molecular complexity index is 568. The van der Waals surface area contributed by atoms with Gasteiger partial charge in [0.05, 0.1) is 0 Å². The number of hydrogen-bond acceptors (Lipinski definition) is 3. The Morgan fingerprint density at radius 1 is 1.19 bits per heavy atom. The van der Waals surface area contributed by atoms with Gasteiger partial charge in [-0.15, -0.1) is 12.4 Å². The number of halogens is 1. The molecule has 0 aromatic heterocycles. The molecule has 1 fully saturated rings. The molecule has 2 amide bonds. The normalized spacial score (nSPS) is 16.0. The highest BCUT2D eigenvalue weighted by molar-refractivity contribution is 5.99. The fourth-order valence-corrected chi connectivity index (χ4v) is 3.28. The molecule has 2 rings (SSSR count). The van der Waals surface area contributed by atoms with E-state index in [4.69, 9.17) is 0 Å². The predicted octanol–water partition coefficient (Wildman–Crippen LogP) is 3.10. The van der Waals surface area contributed by atoms with E-state index in [1.54, 1.807) is 24.3 Å². The van der Waals surface area contributed by atoms with Crippen molar-refractivity contribution in [1.29, 1.82) is 0 Å². The molecule has 1 heterocycles. The van der Waals surface area contributed by atoms with Crippen molar-refractivity contribution in [3.05, 3.63) is 35.4 Å². The molecule has 0 spiro atoms. The number of hydrogen-bond donors (Lipinski definition) is 2. The van der Waals surface area contributed by atoms with E-state index in [0.717, 1.165) is 45.4 Å². The van der Waals surface area contributed by atoms with E-state index in [0.29, 0.717) is 23.6 Å². The molecule has 1 unspecified atom stereocenters. The number of carbonyl (C=O) groups is 2. The predicted molar refractivity (Wildman–Crippen MR) is 108 cm³/mol. The van der Waals surface area contributed by atoms with Gasteiger partial charge < -0.3 is 15.5 Å². The van der Waals surface area contributed by atoms with Crippen molar-refractivity contribution >= 4 is 24.2 Å². The zero-order valence-corrected chi connectivity index (χ0v) is 16.7. The summed E-state index contributed by atoms with van der Waals surface area (Å²) in [6, 6.07) is 7.07. The van der Waals surface area contributed by atoms with Crippen LogP contribution in [0.15, 0.2) is 24.3 Å². The molecule has 0 radical (unpaired) electrons. The van der Waals surface area contributed by atoms with Crippen LogP contribution >= 0.6 is 12.4 Å². The zero-order chi connectivity index (χ0) is 18.1. The van der Waals surface area contributed by atoms with Gasteiger partial charge in [0, 0.05) is 30.8 Å². The first-order valence-corrected chi connectivity index (χ1v) is 9.54. The lowest BCUT2D eigenvalue weighted by molar-refractivity contribution is 0.0755. The topological polar surface area (TPSA) is 61.4 Å². The summed E-state index contributed by atoms with van der Waals surface area (Å²) in [5.41, 5.74) is 1.15. The fraction of sp³-hybridized carbons (Fsp3) is 0.600. The zero-order valence-electron chi connectivity index (χ0n) is 15.9. The molecule has 1 aromatic carbocycles. The minimum Gasteiger partial charge on any atom is -0.352 e. The summed E-state index contributed by atoms with van der Waals surface area (Å²) < 4.78 is 0. The second-order valence-electron chi connectivity index (χ2n) is 6.78.